The highest BCUT2D eigenvalue weighted by molar-refractivity contribution is 5.76. The fourth-order valence-corrected chi connectivity index (χ4v) is 2.15. The molecule has 1 aliphatic rings. The molecule has 0 bridgehead atoms. The van der Waals surface area contributed by atoms with E-state index in [0.29, 0.717) is 12.5 Å². The minimum atomic E-state index is -0.0227. The summed E-state index contributed by atoms with van der Waals surface area (Å²) < 4.78 is 1.49. The molecule has 6 heteroatoms. The maximum absolute atomic E-state index is 12.0. The van der Waals surface area contributed by atoms with Gasteiger partial charge in [0.2, 0.25) is 5.91 Å². The van der Waals surface area contributed by atoms with E-state index >= 15 is 0 Å². The zero-order chi connectivity index (χ0) is 13.0. The lowest BCUT2D eigenvalue weighted by Crippen LogP contribution is -2.42. The molecule has 18 heavy (non-hydrogen) atoms. The van der Waals surface area contributed by atoms with Crippen molar-refractivity contribution in [3.8, 4) is 0 Å². The Balaban J connectivity index is 1.80. The molecule has 0 atom stereocenters. The van der Waals surface area contributed by atoms with Crippen LogP contribution in [0.2, 0.25) is 0 Å². The fraction of sp³-hybridized carbons (Fsp3) is 0.583. The number of piperidine rings is 1. The average molecular weight is 250 g/mol. The number of imidazole rings is 1. The first kappa shape index (κ1) is 12.6. The number of nitrogens with zero attached hydrogens (tertiary/aromatic N) is 3. The van der Waals surface area contributed by atoms with Crippen molar-refractivity contribution in [3.05, 3.63) is 18.7 Å². The molecule has 2 rings (SSSR count). The third-order valence-corrected chi connectivity index (χ3v) is 3.25. The number of nitrogens with one attached hydrogen (secondary N) is 1. The molecule has 1 aromatic rings. The molecule has 0 aromatic carbocycles. The van der Waals surface area contributed by atoms with Gasteiger partial charge >= 0.3 is 6.03 Å². The Labute approximate surface area is 106 Å². The predicted molar refractivity (Wildman–Crippen MR) is 66.0 cm³/mol. The molecule has 0 spiro atoms. The Morgan fingerprint density at radius 3 is 2.67 bits per heavy atom. The lowest BCUT2D eigenvalue weighted by atomic mass is 9.97. The first-order chi connectivity index (χ1) is 8.66. The summed E-state index contributed by atoms with van der Waals surface area (Å²) in [7, 11) is 0. The van der Waals surface area contributed by atoms with Gasteiger partial charge in [0, 0.05) is 39.0 Å². The van der Waals surface area contributed by atoms with Gasteiger partial charge in [0.25, 0.3) is 0 Å². The minimum Gasteiger partial charge on any atom is -0.356 e. The highest BCUT2D eigenvalue weighted by atomic mass is 16.2. The summed E-state index contributed by atoms with van der Waals surface area (Å²) in [6, 6.07) is -0.0227. The molecule has 2 amide bonds. The zero-order valence-corrected chi connectivity index (χ0v) is 10.5. The molecule has 0 radical (unpaired) electrons. The largest absolute Gasteiger partial charge is 0.356 e. The average Bonchev–Trinajstić information content (AvgIpc) is 2.90. The fourth-order valence-electron chi connectivity index (χ4n) is 2.15. The summed E-state index contributed by atoms with van der Waals surface area (Å²) in [6.45, 7) is 3.71. The summed E-state index contributed by atoms with van der Waals surface area (Å²) in [5, 5.41) is 2.83. The molecule has 1 fully saturated rings. The molecule has 0 aliphatic carbocycles. The van der Waals surface area contributed by atoms with Crippen LogP contribution in [0.1, 0.15) is 19.8 Å². The van der Waals surface area contributed by atoms with Gasteiger partial charge in [-0.25, -0.2) is 9.78 Å². The van der Waals surface area contributed by atoms with E-state index in [-0.39, 0.29) is 11.9 Å². The molecular weight excluding hydrogens is 232 g/mol. The van der Waals surface area contributed by atoms with Crippen LogP contribution in [-0.4, -0.2) is 46.0 Å². The lowest BCUT2D eigenvalue weighted by molar-refractivity contribution is -0.119. The van der Waals surface area contributed by atoms with E-state index in [1.54, 1.807) is 12.4 Å². The van der Waals surface area contributed by atoms with Gasteiger partial charge in [-0.1, -0.05) is 0 Å². The van der Waals surface area contributed by atoms with Crippen LogP contribution in [0.5, 0.6) is 0 Å². The van der Waals surface area contributed by atoms with Crippen molar-refractivity contribution in [2.24, 2.45) is 5.92 Å². The molecule has 2 heterocycles. The smallest absolute Gasteiger partial charge is 0.329 e. The Kier molecular flexibility index (Phi) is 3.96. The quantitative estimate of drug-likeness (QED) is 0.840. The number of likely N-dealkylation sites (tertiary alicyclic amines) is 1. The van der Waals surface area contributed by atoms with Gasteiger partial charge < -0.3 is 10.2 Å². The monoisotopic (exact) mass is 250 g/mol. The van der Waals surface area contributed by atoms with Crippen LogP contribution in [0.3, 0.4) is 0 Å². The van der Waals surface area contributed by atoms with Crippen LogP contribution in [0.15, 0.2) is 18.7 Å². The summed E-state index contributed by atoms with van der Waals surface area (Å²) in [4.78, 5) is 28.5. The minimum absolute atomic E-state index is 0.00641. The Bertz CT molecular complexity index is 408. The van der Waals surface area contributed by atoms with Gasteiger partial charge in [0.05, 0.1) is 0 Å². The predicted octanol–water partition coefficient (Wildman–Crippen LogP) is 0.699. The van der Waals surface area contributed by atoms with Crippen LogP contribution < -0.4 is 5.32 Å². The third kappa shape index (κ3) is 3.09. The number of hydrogen-bond donors (Lipinski definition) is 1. The molecule has 1 aliphatic heterocycles. The number of rotatable bonds is 2. The Morgan fingerprint density at radius 1 is 1.39 bits per heavy atom. The molecule has 0 unspecified atom stereocenters. The van der Waals surface area contributed by atoms with Gasteiger partial charge in [-0.15, -0.1) is 0 Å². The Morgan fingerprint density at radius 2 is 2.11 bits per heavy atom. The zero-order valence-electron chi connectivity index (χ0n) is 10.5. The maximum atomic E-state index is 12.0. The van der Waals surface area contributed by atoms with Crippen molar-refractivity contribution in [3.63, 3.8) is 0 Å². The molecule has 1 N–H and O–H groups in total. The molecule has 98 valence electrons. The van der Waals surface area contributed by atoms with Crippen molar-refractivity contribution in [2.45, 2.75) is 19.8 Å². The van der Waals surface area contributed by atoms with E-state index in [1.165, 1.54) is 17.8 Å². The summed E-state index contributed by atoms with van der Waals surface area (Å²) >= 11 is 0. The van der Waals surface area contributed by atoms with Crippen molar-refractivity contribution in [2.75, 3.05) is 19.6 Å². The van der Waals surface area contributed by atoms with Crippen LogP contribution in [0, 0.1) is 5.92 Å². The van der Waals surface area contributed by atoms with E-state index in [2.05, 4.69) is 10.3 Å². The molecule has 1 saturated heterocycles. The van der Waals surface area contributed by atoms with Crippen molar-refractivity contribution < 1.29 is 9.59 Å². The molecular formula is C12H18N4O2. The number of aromatic nitrogens is 2. The van der Waals surface area contributed by atoms with Gasteiger partial charge in [-0.3, -0.25) is 9.36 Å². The number of amides is 2. The highest BCUT2D eigenvalue weighted by Crippen LogP contribution is 2.17. The Hall–Kier alpha value is -1.85. The standard InChI is InChI=1S/C12H18N4O2/c1-10(17)14-8-11-2-5-15(6-3-11)12(18)16-7-4-13-9-16/h4,7,9,11H,2-3,5-6,8H2,1H3,(H,14,17). The lowest BCUT2D eigenvalue weighted by Gasteiger charge is -2.31. The van der Waals surface area contributed by atoms with Gasteiger partial charge in [0.15, 0.2) is 0 Å². The second kappa shape index (κ2) is 5.66. The third-order valence-electron chi connectivity index (χ3n) is 3.25. The van der Waals surface area contributed by atoms with E-state index in [1.807, 2.05) is 4.90 Å². The SMILES string of the molecule is CC(=O)NCC1CCN(C(=O)n2ccnc2)CC1. The van der Waals surface area contributed by atoms with Gasteiger partial charge in [-0.05, 0) is 18.8 Å². The van der Waals surface area contributed by atoms with Gasteiger partial charge in [0.1, 0.15) is 6.33 Å². The van der Waals surface area contributed by atoms with Crippen molar-refractivity contribution in [1.29, 1.82) is 0 Å². The van der Waals surface area contributed by atoms with Crippen LogP contribution in [0.4, 0.5) is 4.79 Å². The molecule has 6 nitrogen and oxygen atoms in total. The van der Waals surface area contributed by atoms with Crippen LogP contribution >= 0.6 is 0 Å². The first-order valence-electron chi connectivity index (χ1n) is 6.18. The normalized spacial score (nSPS) is 16.6. The molecule has 0 saturated carbocycles. The van der Waals surface area contributed by atoms with E-state index < -0.39 is 0 Å². The second-order valence-corrected chi connectivity index (χ2v) is 4.62. The van der Waals surface area contributed by atoms with E-state index in [4.69, 9.17) is 0 Å². The topological polar surface area (TPSA) is 67.2 Å². The first-order valence-corrected chi connectivity index (χ1v) is 6.18. The molecule has 1 aromatic heterocycles. The van der Waals surface area contributed by atoms with E-state index in [9.17, 15) is 9.59 Å². The van der Waals surface area contributed by atoms with Crippen molar-refractivity contribution >= 4 is 11.9 Å². The summed E-state index contributed by atoms with van der Waals surface area (Å²) in [6.07, 6.45) is 6.64. The van der Waals surface area contributed by atoms with Crippen molar-refractivity contribution in [1.82, 2.24) is 19.8 Å². The second-order valence-electron chi connectivity index (χ2n) is 4.62. The number of carbonyl (C=O) groups excluding carboxylic acids is 2. The highest BCUT2D eigenvalue weighted by Gasteiger charge is 2.23. The van der Waals surface area contributed by atoms with Crippen LogP contribution in [-0.2, 0) is 4.79 Å². The van der Waals surface area contributed by atoms with Crippen LogP contribution in [0.25, 0.3) is 0 Å². The van der Waals surface area contributed by atoms with Gasteiger partial charge in [-0.2, -0.15) is 0 Å². The number of carbonyl (C=O) groups is 2. The van der Waals surface area contributed by atoms with E-state index in [0.717, 1.165) is 25.9 Å². The maximum Gasteiger partial charge on any atom is 0.329 e. The number of hydrogen-bond acceptors (Lipinski definition) is 3. The summed E-state index contributed by atoms with van der Waals surface area (Å²) in [5.41, 5.74) is 0. The summed E-state index contributed by atoms with van der Waals surface area (Å²) in [5.74, 6) is 0.479.